The standard InChI is InChI=1S/C18H14N2O2/c1-14-9-11-15(12-10-14)17(13-19)7-4-6-16-5-2-3-8-18(16)20(21)22/h2-12H,1H3/b6-4+,17-7-. The predicted molar refractivity (Wildman–Crippen MR) is 86.9 cm³/mol. The number of rotatable bonds is 4. The predicted octanol–water partition coefficient (Wildman–Crippen LogP) is 4.52. The van der Waals surface area contributed by atoms with Crippen LogP contribution in [-0.4, -0.2) is 4.92 Å². The molecule has 2 rings (SSSR count). The van der Waals surface area contributed by atoms with Crippen molar-refractivity contribution in [2.24, 2.45) is 0 Å². The quantitative estimate of drug-likeness (QED) is 0.360. The van der Waals surface area contributed by atoms with Crippen molar-refractivity contribution in [2.45, 2.75) is 6.92 Å². The molecule has 0 aliphatic rings. The minimum absolute atomic E-state index is 0.0426. The molecule has 22 heavy (non-hydrogen) atoms. The highest BCUT2D eigenvalue weighted by Crippen LogP contribution is 2.20. The summed E-state index contributed by atoms with van der Waals surface area (Å²) in [6.45, 7) is 1.98. The van der Waals surface area contributed by atoms with E-state index in [1.54, 1.807) is 36.4 Å². The van der Waals surface area contributed by atoms with Gasteiger partial charge in [-0.25, -0.2) is 0 Å². The highest BCUT2D eigenvalue weighted by atomic mass is 16.6. The van der Waals surface area contributed by atoms with Crippen molar-refractivity contribution >= 4 is 17.3 Å². The van der Waals surface area contributed by atoms with E-state index in [1.807, 2.05) is 31.2 Å². The number of nitro groups is 1. The maximum absolute atomic E-state index is 10.9. The zero-order chi connectivity index (χ0) is 15.9. The fourth-order valence-electron chi connectivity index (χ4n) is 1.97. The van der Waals surface area contributed by atoms with Crippen LogP contribution in [0.5, 0.6) is 0 Å². The third-order valence-electron chi connectivity index (χ3n) is 3.16. The van der Waals surface area contributed by atoms with Crippen LogP contribution in [0.3, 0.4) is 0 Å². The van der Waals surface area contributed by atoms with Crippen LogP contribution in [0.4, 0.5) is 5.69 Å². The van der Waals surface area contributed by atoms with Crippen molar-refractivity contribution in [3.8, 4) is 6.07 Å². The maximum atomic E-state index is 10.9. The van der Waals surface area contributed by atoms with Gasteiger partial charge in [-0.2, -0.15) is 5.26 Å². The molecule has 108 valence electrons. The Morgan fingerprint density at radius 1 is 1.18 bits per heavy atom. The molecule has 0 fully saturated rings. The van der Waals surface area contributed by atoms with Gasteiger partial charge in [0, 0.05) is 6.07 Å². The zero-order valence-corrected chi connectivity index (χ0v) is 12.1. The number of nitriles is 1. The van der Waals surface area contributed by atoms with Crippen LogP contribution in [0, 0.1) is 28.4 Å². The summed E-state index contributed by atoms with van der Waals surface area (Å²) in [6.07, 6.45) is 4.94. The van der Waals surface area contributed by atoms with Crippen molar-refractivity contribution in [1.82, 2.24) is 0 Å². The Labute approximate surface area is 128 Å². The van der Waals surface area contributed by atoms with Gasteiger partial charge >= 0.3 is 0 Å². The van der Waals surface area contributed by atoms with Crippen molar-refractivity contribution in [3.63, 3.8) is 0 Å². The van der Waals surface area contributed by atoms with Gasteiger partial charge in [0.1, 0.15) is 0 Å². The first-order valence-electron chi connectivity index (χ1n) is 6.71. The molecule has 0 heterocycles. The lowest BCUT2D eigenvalue weighted by Crippen LogP contribution is -1.90. The average Bonchev–Trinajstić information content (AvgIpc) is 2.53. The van der Waals surface area contributed by atoms with Crippen molar-refractivity contribution in [3.05, 3.63) is 87.5 Å². The van der Waals surface area contributed by atoms with Crippen molar-refractivity contribution in [1.29, 1.82) is 5.26 Å². The summed E-state index contributed by atoms with van der Waals surface area (Å²) in [7, 11) is 0. The van der Waals surface area contributed by atoms with Gasteiger partial charge in [-0.05, 0) is 30.7 Å². The van der Waals surface area contributed by atoms with E-state index in [9.17, 15) is 15.4 Å². The lowest BCUT2D eigenvalue weighted by molar-refractivity contribution is -0.385. The molecule has 0 bridgehead atoms. The Morgan fingerprint density at radius 3 is 2.50 bits per heavy atom. The van der Waals surface area contributed by atoms with Gasteiger partial charge in [0.25, 0.3) is 5.69 Å². The number of nitro benzene ring substituents is 1. The Kier molecular flexibility index (Phi) is 4.84. The molecule has 0 atom stereocenters. The minimum atomic E-state index is -0.422. The molecule has 0 spiro atoms. The van der Waals surface area contributed by atoms with Gasteiger partial charge in [-0.3, -0.25) is 10.1 Å². The highest BCUT2D eigenvalue weighted by molar-refractivity contribution is 5.79. The molecule has 0 aliphatic carbocycles. The first-order chi connectivity index (χ1) is 10.6. The zero-order valence-electron chi connectivity index (χ0n) is 12.1. The molecule has 2 aromatic carbocycles. The number of hydrogen-bond donors (Lipinski definition) is 0. The molecule has 0 saturated carbocycles. The second kappa shape index (κ2) is 7.00. The molecular formula is C18H14N2O2. The largest absolute Gasteiger partial charge is 0.276 e. The third-order valence-corrected chi connectivity index (χ3v) is 3.16. The molecule has 4 nitrogen and oxygen atoms in total. The summed E-state index contributed by atoms with van der Waals surface area (Å²) in [4.78, 5) is 10.5. The summed E-state index contributed by atoms with van der Waals surface area (Å²) in [6, 6.07) is 16.2. The number of nitrogens with zero attached hydrogens (tertiary/aromatic N) is 2. The van der Waals surface area contributed by atoms with Crippen molar-refractivity contribution < 1.29 is 4.92 Å². The van der Waals surface area contributed by atoms with E-state index in [0.717, 1.165) is 11.1 Å². The molecule has 4 heteroatoms. The van der Waals surface area contributed by atoms with E-state index >= 15 is 0 Å². The van der Waals surface area contributed by atoms with E-state index in [1.165, 1.54) is 6.07 Å². The first kappa shape index (κ1) is 15.2. The number of allylic oxidation sites excluding steroid dienone is 3. The van der Waals surface area contributed by atoms with Crippen LogP contribution < -0.4 is 0 Å². The van der Waals surface area contributed by atoms with Crippen LogP contribution in [0.15, 0.2) is 60.7 Å². The Morgan fingerprint density at radius 2 is 1.86 bits per heavy atom. The summed E-state index contributed by atoms with van der Waals surface area (Å²) in [5.74, 6) is 0. The van der Waals surface area contributed by atoms with Gasteiger partial charge < -0.3 is 0 Å². The number of para-hydroxylation sites is 1. The van der Waals surface area contributed by atoms with E-state index < -0.39 is 4.92 Å². The van der Waals surface area contributed by atoms with E-state index in [2.05, 4.69) is 6.07 Å². The fourth-order valence-corrected chi connectivity index (χ4v) is 1.97. The SMILES string of the molecule is Cc1ccc(/C(C#N)=C\C=C\c2ccccc2[N+](=O)[O-])cc1. The summed E-state index contributed by atoms with van der Waals surface area (Å²) < 4.78 is 0. The van der Waals surface area contributed by atoms with Crippen LogP contribution in [0.25, 0.3) is 11.6 Å². The molecule has 0 aromatic heterocycles. The van der Waals surface area contributed by atoms with Gasteiger partial charge in [0.05, 0.1) is 22.1 Å². The molecule has 0 radical (unpaired) electrons. The number of benzene rings is 2. The second-order valence-corrected chi connectivity index (χ2v) is 4.73. The van der Waals surface area contributed by atoms with E-state index in [0.29, 0.717) is 11.1 Å². The Balaban J connectivity index is 2.28. The smallest absolute Gasteiger partial charge is 0.258 e. The molecule has 2 aromatic rings. The topological polar surface area (TPSA) is 66.9 Å². The molecule has 0 amide bonds. The maximum Gasteiger partial charge on any atom is 0.276 e. The summed E-state index contributed by atoms with van der Waals surface area (Å²) >= 11 is 0. The van der Waals surface area contributed by atoms with Gasteiger partial charge in [0.2, 0.25) is 0 Å². The first-order valence-corrected chi connectivity index (χ1v) is 6.71. The van der Waals surface area contributed by atoms with Crippen LogP contribution in [0.2, 0.25) is 0 Å². The van der Waals surface area contributed by atoms with Gasteiger partial charge in [-0.1, -0.05) is 48.0 Å². The third kappa shape index (κ3) is 3.68. The molecule has 0 unspecified atom stereocenters. The fraction of sp³-hybridized carbons (Fsp3) is 0.0556. The summed E-state index contributed by atoms with van der Waals surface area (Å²) in [5, 5.41) is 20.2. The van der Waals surface area contributed by atoms with Crippen molar-refractivity contribution in [2.75, 3.05) is 0 Å². The van der Waals surface area contributed by atoms with E-state index in [4.69, 9.17) is 0 Å². The molecular weight excluding hydrogens is 276 g/mol. The summed E-state index contributed by atoms with van der Waals surface area (Å²) in [5.41, 5.74) is 3.00. The lowest BCUT2D eigenvalue weighted by Gasteiger charge is -1.99. The molecule has 0 saturated heterocycles. The highest BCUT2D eigenvalue weighted by Gasteiger charge is 2.08. The van der Waals surface area contributed by atoms with Crippen LogP contribution in [0.1, 0.15) is 16.7 Å². The number of hydrogen-bond acceptors (Lipinski definition) is 3. The lowest BCUT2D eigenvalue weighted by atomic mass is 10.0. The molecule has 0 aliphatic heterocycles. The second-order valence-electron chi connectivity index (χ2n) is 4.73. The average molecular weight is 290 g/mol. The van der Waals surface area contributed by atoms with E-state index in [-0.39, 0.29) is 5.69 Å². The Hall–Kier alpha value is -3.19. The van der Waals surface area contributed by atoms with Crippen LogP contribution >= 0.6 is 0 Å². The Bertz CT molecular complexity index is 781. The number of aryl methyl sites for hydroxylation is 1. The van der Waals surface area contributed by atoms with Gasteiger partial charge in [0.15, 0.2) is 0 Å². The van der Waals surface area contributed by atoms with Crippen LogP contribution in [-0.2, 0) is 0 Å². The van der Waals surface area contributed by atoms with Gasteiger partial charge in [-0.15, -0.1) is 0 Å². The monoisotopic (exact) mass is 290 g/mol. The minimum Gasteiger partial charge on any atom is -0.258 e. The normalized spacial score (nSPS) is 11.4. The molecule has 0 N–H and O–H groups in total.